The van der Waals surface area contributed by atoms with Crippen LogP contribution in [0.25, 0.3) is 10.8 Å². The maximum Gasteiger partial charge on any atom is 0.131 e. The van der Waals surface area contributed by atoms with Crippen LogP contribution in [0.4, 0.5) is 0 Å². The second-order valence-electron chi connectivity index (χ2n) is 8.39. The predicted octanol–water partition coefficient (Wildman–Crippen LogP) is 6.63. The van der Waals surface area contributed by atoms with Crippen LogP contribution >= 0.6 is 0 Å². The fraction of sp³-hybridized carbons (Fsp3) is 0.267. The van der Waals surface area contributed by atoms with E-state index < -0.39 is 0 Å². The van der Waals surface area contributed by atoms with E-state index in [1.165, 1.54) is 24.0 Å². The first-order chi connectivity index (χ1) is 16.9. The Bertz CT molecular complexity index is 1110. The molecule has 0 saturated heterocycles. The smallest absolute Gasteiger partial charge is 0.131 e. The van der Waals surface area contributed by atoms with Crippen molar-refractivity contribution >= 4 is 10.8 Å². The van der Waals surface area contributed by atoms with Gasteiger partial charge in [-0.3, -0.25) is 0 Å². The average Bonchev–Trinajstić information content (AvgIpc) is 2.90. The molecule has 0 spiro atoms. The molecular weight excluding hydrogens is 424 g/mol. The van der Waals surface area contributed by atoms with E-state index in [1.807, 2.05) is 60.7 Å². The van der Waals surface area contributed by atoms with Gasteiger partial charge in [-0.2, -0.15) is 0 Å². The quantitative estimate of drug-likeness (QED) is 0.252. The summed E-state index contributed by atoms with van der Waals surface area (Å²) < 4.78 is 24.4. The zero-order valence-electron chi connectivity index (χ0n) is 19.4. The topological polar surface area (TPSA) is 36.9 Å². The minimum Gasteiger partial charge on any atom is -0.490 e. The average molecular weight is 455 g/mol. The molecule has 34 heavy (non-hydrogen) atoms. The third-order valence-electron chi connectivity index (χ3n) is 6.12. The zero-order chi connectivity index (χ0) is 23.0. The molecule has 0 unspecified atom stereocenters. The fourth-order valence-corrected chi connectivity index (χ4v) is 4.58. The SMILES string of the molecule is c1ccc(OCCOc2c3c(c(OCCOc4ccccc4)c4ccccc24)CCCC3)cc1. The lowest BCUT2D eigenvalue weighted by atomic mass is 9.87. The summed E-state index contributed by atoms with van der Waals surface area (Å²) in [6, 6.07) is 28.1. The standard InChI is InChI=1S/C30H30O4/c1-3-11-23(12-4-1)31-19-21-33-29-25-15-7-9-17-27(25)30(28-18-10-8-16-26(28)29)34-22-20-32-24-13-5-2-6-14-24/h1-7,9,11-15,17H,8,10,16,18-22H2. The third-order valence-corrected chi connectivity index (χ3v) is 6.12. The van der Waals surface area contributed by atoms with Gasteiger partial charge in [0.25, 0.3) is 0 Å². The molecule has 4 aromatic rings. The largest absolute Gasteiger partial charge is 0.490 e. The Morgan fingerprint density at radius 1 is 0.441 bits per heavy atom. The van der Waals surface area contributed by atoms with Crippen molar-refractivity contribution in [3.63, 3.8) is 0 Å². The van der Waals surface area contributed by atoms with E-state index in [2.05, 4.69) is 24.3 Å². The molecule has 0 aromatic heterocycles. The molecule has 0 fully saturated rings. The van der Waals surface area contributed by atoms with Gasteiger partial charge in [-0.1, -0.05) is 60.7 Å². The lowest BCUT2D eigenvalue weighted by molar-refractivity contribution is 0.213. The summed E-state index contributed by atoms with van der Waals surface area (Å²) in [6.45, 7) is 2.00. The van der Waals surface area contributed by atoms with E-state index in [1.54, 1.807) is 0 Å². The van der Waals surface area contributed by atoms with Crippen LogP contribution < -0.4 is 18.9 Å². The monoisotopic (exact) mass is 454 g/mol. The highest BCUT2D eigenvalue weighted by atomic mass is 16.5. The zero-order valence-corrected chi connectivity index (χ0v) is 19.4. The molecule has 4 aromatic carbocycles. The lowest BCUT2D eigenvalue weighted by Crippen LogP contribution is -2.15. The van der Waals surface area contributed by atoms with Crippen LogP contribution in [0.1, 0.15) is 24.0 Å². The second kappa shape index (κ2) is 11.0. The summed E-state index contributed by atoms with van der Waals surface area (Å²) in [7, 11) is 0. The van der Waals surface area contributed by atoms with Crippen LogP contribution in [-0.2, 0) is 12.8 Å². The van der Waals surface area contributed by atoms with Crippen molar-refractivity contribution in [1.82, 2.24) is 0 Å². The Hall–Kier alpha value is -3.66. The van der Waals surface area contributed by atoms with Crippen molar-refractivity contribution in [3.05, 3.63) is 96.1 Å². The van der Waals surface area contributed by atoms with Gasteiger partial charge in [0.15, 0.2) is 0 Å². The normalized spacial score (nSPS) is 12.7. The van der Waals surface area contributed by atoms with Gasteiger partial charge in [0.05, 0.1) is 0 Å². The van der Waals surface area contributed by atoms with Crippen LogP contribution in [0.15, 0.2) is 84.9 Å². The number of para-hydroxylation sites is 2. The van der Waals surface area contributed by atoms with Crippen LogP contribution in [0.3, 0.4) is 0 Å². The Labute approximate surface area is 201 Å². The molecule has 4 heteroatoms. The van der Waals surface area contributed by atoms with Gasteiger partial charge in [-0.25, -0.2) is 0 Å². The number of hydrogen-bond donors (Lipinski definition) is 0. The maximum absolute atomic E-state index is 6.37. The van der Waals surface area contributed by atoms with Crippen LogP contribution in [0, 0.1) is 0 Å². The highest BCUT2D eigenvalue weighted by Gasteiger charge is 2.23. The first-order valence-corrected chi connectivity index (χ1v) is 12.1. The molecule has 0 bridgehead atoms. The van der Waals surface area contributed by atoms with E-state index in [0.717, 1.165) is 46.6 Å². The van der Waals surface area contributed by atoms with Gasteiger partial charge in [-0.15, -0.1) is 0 Å². The molecule has 0 N–H and O–H groups in total. The van der Waals surface area contributed by atoms with Gasteiger partial charge in [-0.05, 0) is 49.9 Å². The van der Waals surface area contributed by atoms with E-state index >= 15 is 0 Å². The van der Waals surface area contributed by atoms with Gasteiger partial charge in [0, 0.05) is 21.9 Å². The highest BCUT2D eigenvalue weighted by molar-refractivity contribution is 5.96. The van der Waals surface area contributed by atoms with E-state index in [9.17, 15) is 0 Å². The molecule has 5 rings (SSSR count). The lowest BCUT2D eigenvalue weighted by Gasteiger charge is -2.25. The molecule has 0 heterocycles. The number of hydrogen-bond acceptors (Lipinski definition) is 4. The van der Waals surface area contributed by atoms with E-state index in [-0.39, 0.29) is 0 Å². The summed E-state index contributed by atoms with van der Waals surface area (Å²) in [5, 5.41) is 2.20. The Morgan fingerprint density at radius 2 is 0.824 bits per heavy atom. The van der Waals surface area contributed by atoms with Crippen molar-refractivity contribution in [1.29, 1.82) is 0 Å². The molecule has 0 amide bonds. The minimum atomic E-state index is 0.496. The summed E-state index contributed by atoms with van der Waals surface area (Å²) in [5.41, 5.74) is 2.56. The van der Waals surface area contributed by atoms with E-state index in [4.69, 9.17) is 18.9 Å². The van der Waals surface area contributed by atoms with Gasteiger partial charge in [0.2, 0.25) is 0 Å². The van der Waals surface area contributed by atoms with Crippen molar-refractivity contribution in [2.45, 2.75) is 25.7 Å². The predicted molar refractivity (Wildman–Crippen MR) is 135 cm³/mol. The summed E-state index contributed by atoms with van der Waals surface area (Å²) in [6.07, 6.45) is 4.34. The molecule has 174 valence electrons. The molecule has 0 saturated carbocycles. The summed E-state index contributed by atoms with van der Waals surface area (Å²) in [4.78, 5) is 0. The number of benzene rings is 4. The number of fused-ring (bicyclic) bond motifs is 2. The van der Waals surface area contributed by atoms with Crippen molar-refractivity contribution in [2.24, 2.45) is 0 Å². The molecule has 1 aliphatic rings. The molecule has 0 radical (unpaired) electrons. The van der Waals surface area contributed by atoms with Crippen molar-refractivity contribution in [3.8, 4) is 23.0 Å². The number of rotatable bonds is 10. The summed E-state index contributed by atoms with van der Waals surface area (Å²) >= 11 is 0. The molecule has 0 aliphatic heterocycles. The molecule has 0 atom stereocenters. The van der Waals surface area contributed by atoms with Crippen LogP contribution in [0.5, 0.6) is 23.0 Å². The first-order valence-electron chi connectivity index (χ1n) is 12.1. The molecule has 4 nitrogen and oxygen atoms in total. The molecule has 1 aliphatic carbocycles. The Morgan fingerprint density at radius 3 is 1.26 bits per heavy atom. The van der Waals surface area contributed by atoms with Gasteiger partial charge >= 0.3 is 0 Å². The third kappa shape index (κ3) is 5.12. The Kier molecular flexibility index (Phi) is 7.15. The van der Waals surface area contributed by atoms with Crippen LogP contribution in [0.2, 0.25) is 0 Å². The van der Waals surface area contributed by atoms with Crippen LogP contribution in [-0.4, -0.2) is 26.4 Å². The van der Waals surface area contributed by atoms with Gasteiger partial charge in [0.1, 0.15) is 49.4 Å². The minimum absolute atomic E-state index is 0.496. The number of ether oxygens (including phenoxy) is 4. The second-order valence-corrected chi connectivity index (χ2v) is 8.39. The van der Waals surface area contributed by atoms with Crippen molar-refractivity contribution in [2.75, 3.05) is 26.4 Å². The van der Waals surface area contributed by atoms with Gasteiger partial charge < -0.3 is 18.9 Å². The van der Waals surface area contributed by atoms with Crippen molar-refractivity contribution < 1.29 is 18.9 Å². The first kappa shape index (κ1) is 22.1. The Balaban J connectivity index is 1.34. The molecular formula is C30H30O4. The maximum atomic E-state index is 6.37. The van der Waals surface area contributed by atoms with E-state index in [0.29, 0.717) is 26.4 Å². The highest BCUT2D eigenvalue weighted by Crippen LogP contribution is 2.44. The fourth-order valence-electron chi connectivity index (χ4n) is 4.58. The summed E-state index contributed by atoms with van der Waals surface area (Å²) in [5.74, 6) is 3.68.